The molecule has 0 heterocycles. The van der Waals surface area contributed by atoms with Crippen molar-refractivity contribution in [2.24, 2.45) is 11.3 Å². The average molecular weight is 169 g/mol. The zero-order valence-electron chi connectivity index (χ0n) is 8.82. The zero-order chi connectivity index (χ0) is 9.03. The second-order valence-corrected chi connectivity index (χ2v) is 5.02. The summed E-state index contributed by atoms with van der Waals surface area (Å²) in [6, 6.07) is 0. The summed E-state index contributed by atoms with van der Waals surface area (Å²) >= 11 is 0. The number of nitrogens with one attached hydrogen (secondary N) is 1. The Kier molecular flexibility index (Phi) is 3.57. The first-order valence-corrected chi connectivity index (χ1v) is 5.29. The summed E-state index contributed by atoms with van der Waals surface area (Å²) in [7, 11) is 2.05. The van der Waals surface area contributed by atoms with Crippen molar-refractivity contribution in [3.63, 3.8) is 0 Å². The minimum Gasteiger partial charge on any atom is -0.320 e. The highest BCUT2D eigenvalue weighted by atomic mass is 14.8. The van der Waals surface area contributed by atoms with Gasteiger partial charge in [0.2, 0.25) is 0 Å². The Bertz CT molecular complexity index is 129. The summed E-state index contributed by atoms with van der Waals surface area (Å²) in [5.74, 6) is 0.987. The van der Waals surface area contributed by atoms with Gasteiger partial charge in [0.05, 0.1) is 0 Å². The minimum atomic E-state index is 0.622. The van der Waals surface area contributed by atoms with E-state index in [1.165, 1.54) is 38.6 Å². The molecule has 0 radical (unpaired) electrons. The Morgan fingerprint density at radius 1 is 1.42 bits per heavy atom. The molecule has 0 spiro atoms. The van der Waals surface area contributed by atoms with E-state index in [2.05, 4.69) is 19.2 Å². The molecule has 0 saturated heterocycles. The zero-order valence-corrected chi connectivity index (χ0v) is 8.82. The molecule has 1 rings (SSSR count). The fraction of sp³-hybridized carbons (Fsp3) is 1.00. The molecule has 0 amide bonds. The van der Waals surface area contributed by atoms with Gasteiger partial charge in [0, 0.05) is 0 Å². The molecule has 1 N–H and O–H groups in total. The van der Waals surface area contributed by atoms with Crippen molar-refractivity contribution < 1.29 is 0 Å². The van der Waals surface area contributed by atoms with Gasteiger partial charge in [-0.3, -0.25) is 0 Å². The molecule has 1 aliphatic rings. The lowest BCUT2D eigenvalue weighted by atomic mass is 9.71. The van der Waals surface area contributed by atoms with Gasteiger partial charge < -0.3 is 5.32 Å². The quantitative estimate of drug-likeness (QED) is 0.685. The summed E-state index contributed by atoms with van der Waals surface area (Å²) in [5.41, 5.74) is 0.622. The highest BCUT2D eigenvalue weighted by Gasteiger charge is 2.27. The van der Waals surface area contributed by atoms with Crippen LogP contribution in [0.1, 0.15) is 46.0 Å². The molecule has 0 aromatic carbocycles. The largest absolute Gasteiger partial charge is 0.320 e. The molecule has 0 aromatic rings. The minimum absolute atomic E-state index is 0.622. The van der Waals surface area contributed by atoms with E-state index in [-0.39, 0.29) is 0 Å². The van der Waals surface area contributed by atoms with Gasteiger partial charge in [-0.2, -0.15) is 0 Å². The van der Waals surface area contributed by atoms with Gasteiger partial charge in [-0.25, -0.2) is 0 Å². The first-order chi connectivity index (χ1) is 5.64. The van der Waals surface area contributed by atoms with Gasteiger partial charge in [-0.15, -0.1) is 0 Å². The van der Waals surface area contributed by atoms with Crippen LogP contribution in [0.5, 0.6) is 0 Å². The molecule has 1 aliphatic carbocycles. The third-order valence-corrected chi connectivity index (χ3v) is 3.11. The maximum Gasteiger partial charge on any atom is -0.00493 e. The van der Waals surface area contributed by atoms with Crippen molar-refractivity contribution in [2.75, 3.05) is 13.6 Å². The molecular weight excluding hydrogens is 146 g/mol. The molecule has 0 aliphatic heterocycles. The monoisotopic (exact) mass is 169 g/mol. The van der Waals surface area contributed by atoms with Gasteiger partial charge in [0.15, 0.2) is 0 Å². The van der Waals surface area contributed by atoms with Gasteiger partial charge in [-0.1, -0.05) is 26.7 Å². The van der Waals surface area contributed by atoms with Crippen molar-refractivity contribution in [3.05, 3.63) is 0 Å². The fourth-order valence-corrected chi connectivity index (χ4v) is 2.45. The SMILES string of the molecule is CNCC[C@H]1CCCC(C)(C)C1. The van der Waals surface area contributed by atoms with E-state index in [4.69, 9.17) is 0 Å². The second-order valence-electron chi connectivity index (χ2n) is 5.02. The van der Waals surface area contributed by atoms with E-state index in [1.807, 2.05) is 7.05 Å². The Labute approximate surface area is 76.9 Å². The van der Waals surface area contributed by atoms with Crippen LogP contribution in [0.15, 0.2) is 0 Å². The second kappa shape index (κ2) is 4.27. The van der Waals surface area contributed by atoms with Crippen molar-refractivity contribution >= 4 is 0 Å². The Morgan fingerprint density at radius 3 is 2.75 bits per heavy atom. The van der Waals surface area contributed by atoms with E-state index in [1.54, 1.807) is 0 Å². The Hall–Kier alpha value is -0.0400. The third kappa shape index (κ3) is 3.14. The molecule has 1 nitrogen and oxygen atoms in total. The van der Waals surface area contributed by atoms with Gasteiger partial charge in [0.25, 0.3) is 0 Å². The molecule has 0 aromatic heterocycles. The van der Waals surface area contributed by atoms with Gasteiger partial charge in [-0.05, 0) is 44.2 Å². The number of rotatable bonds is 3. The topological polar surface area (TPSA) is 12.0 Å². The van der Waals surface area contributed by atoms with Crippen LogP contribution in [0.25, 0.3) is 0 Å². The summed E-state index contributed by atoms with van der Waals surface area (Å²) in [6.07, 6.45) is 7.16. The lowest BCUT2D eigenvalue weighted by molar-refractivity contribution is 0.173. The molecular formula is C11H23N. The van der Waals surface area contributed by atoms with Crippen LogP contribution >= 0.6 is 0 Å². The van der Waals surface area contributed by atoms with E-state index in [0.29, 0.717) is 5.41 Å². The van der Waals surface area contributed by atoms with Crippen LogP contribution in [-0.2, 0) is 0 Å². The summed E-state index contributed by atoms with van der Waals surface area (Å²) in [4.78, 5) is 0. The summed E-state index contributed by atoms with van der Waals surface area (Å²) < 4.78 is 0. The molecule has 1 fully saturated rings. The van der Waals surface area contributed by atoms with Crippen molar-refractivity contribution in [2.45, 2.75) is 46.0 Å². The fourth-order valence-electron chi connectivity index (χ4n) is 2.45. The van der Waals surface area contributed by atoms with Crippen molar-refractivity contribution in [1.82, 2.24) is 5.32 Å². The van der Waals surface area contributed by atoms with Crippen molar-refractivity contribution in [3.8, 4) is 0 Å². The highest BCUT2D eigenvalue weighted by molar-refractivity contribution is 4.79. The van der Waals surface area contributed by atoms with Crippen LogP contribution in [-0.4, -0.2) is 13.6 Å². The average Bonchev–Trinajstić information content (AvgIpc) is 1.99. The maximum absolute atomic E-state index is 3.24. The predicted octanol–water partition coefficient (Wildman–Crippen LogP) is 2.81. The number of hydrogen-bond acceptors (Lipinski definition) is 1. The molecule has 0 unspecified atom stereocenters. The van der Waals surface area contributed by atoms with Crippen LogP contribution in [0.3, 0.4) is 0 Å². The van der Waals surface area contributed by atoms with Gasteiger partial charge >= 0.3 is 0 Å². The first-order valence-electron chi connectivity index (χ1n) is 5.29. The normalized spacial score (nSPS) is 28.8. The van der Waals surface area contributed by atoms with Crippen LogP contribution in [0, 0.1) is 11.3 Å². The predicted molar refractivity (Wildman–Crippen MR) is 54.3 cm³/mol. The summed E-state index contributed by atoms with van der Waals surface area (Å²) in [5, 5.41) is 3.24. The van der Waals surface area contributed by atoms with E-state index in [9.17, 15) is 0 Å². The highest BCUT2D eigenvalue weighted by Crippen LogP contribution is 2.39. The molecule has 1 heteroatoms. The number of hydrogen-bond donors (Lipinski definition) is 1. The summed E-state index contributed by atoms with van der Waals surface area (Å²) in [6.45, 7) is 6.03. The molecule has 72 valence electrons. The lowest BCUT2D eigenvalue weighted by Gasteiger charge is -2.35. The molecule has 12 heavy (non-hydrogen) atoms. The van der Waals surface area contributed by atoms with E-state index >= 15 is 0 Å². The standard InChI is InChI=1S/C11H23N/c1-11(2)7-4-5-10(9-11)6-8-12-3/h10,12H,4-9H2,1-3H3/t10-/m1/s1. The smallest absolute Gasteiger partial charge is 0.00493 e. The van der Waals surface area contributed by atoms with Crippen LogP contribution < -0.4 is 5.32 Å². The molecule has 1 atom stereocenters. The molecule has 1 saturated carbocycles. The van der Waals surface area contributed by atoms with Crippen LogP contribution in [0.4, 0.5) is 0 Å². The molecule has 0 bridgehead atoms. The van der Waals surface area contributed by atoms with E-state index in [0.717, 1.165) is 5.92 Å². The Morgan fingerprint density at radius 2 is 2.17 bits per heavy atom. The van der Waals surface area contributed by atoms with E-state index < -0.39 is 0 Å². The van der Waals surface area contributed by atoms with Crippen molar-refractivity contribution in [1.29, 1.82) is 0 Å². The maximum atomic E-state index is 3.24. The van der Waals surface area contributed by atoms with Crippen LogP contribution in [0.2, 0.25) is 0 Å². The first kappa shape index (κ1) is 10.0. The Balaban J connectivity index is 2.26. The third-order valence-electron chi connectivity index (χ3n) is 3.11. The lowest BCUT2D eigenvalue weighted by Crippen LogP contribution is -2.24. The van der Waals surface area contributed by atoms with Gasteiger partial charge in [0.1, 0.15) is 0 Å².